The number of aliphatic hydroxyl groups excluding tert-OH is 1. The minimum Gasteiger partial charge on any atom is -0.395 e. The first-order chi connectivity index (χ1) is 10.7. The molecule has 0 unspecified atom stereocenters. The van der Waals surface area contributed by atoms with Crippen LogP contribution in [0.15, 0.2) is 59.5 Å². The Labute approximate surface area is 135 Å². The highest BCUT2D eigenvalue weighted by molar-refractivity contribution is 7.98. The first-order valence-electron chi connectivity index (χ1n) is 7.07. The molecule has 0 atom stereocenters. The van der Waals surface area contributed by atoms with Gasteiger partial charge in [0.15, 0.2) is 0 Å². The van der Waals surface area contributed by atoms with Crippen LogP contribution in [-0.2, 0) is 6.54 Å². The van der Waals surface area contributed by atoms with E-state index in [2.05, 4.69) is 5.32 Å². The third-order valence-corrected chi connectivity index (χ3v) is 3.96. The molecular weight excluding hydrogens is 296 g/mol. The minimum atomic E-state index is -0.213. The molecule has 2 aromatic rings. The Bertz CT molecular complexity index is 587. The number of thioether (sulfide) groups is 1. The number of rotatable bonds is 6. The summed E-state index contributed by atoms with van der Waals surface area (Å²) in [4.78, 5) is 15.1. The van der Waals surface area contributed by atoms with E-state index >= 15 is 0 Å². The molecule has 2 N–H and O–H groups in total. The summed E-state index contributed by atoms with van der Waals surface area (Å²) in [6, 6.07) is 17.2. The maximum absolute atomic E-state index is 12.4. The highest BCUT2D eigenvalue weighted by atomic mass is 32.2. The third-order valence-electron chi connectivity index (χ3n) is 3.21. The Morgan fingerprint density at radius 3 is 2.41 bits per heavy atom. The van der Waals surface area contributed by atoms with Gasteiger partial charge in [-0.25, -0.2) is 4.79 Å². The molecule has 0 aromatic heterocycles. The lowest BCUT2D eigenvalue weighted by Crippen LogP contribution is -2.36. The van der Waals surface area contributed by atoms with E-state index < -0.39 is 0 Å². The number of hydrogen-bond donors (Lipinski definition) is 2. The third kappa shape index (κ3) is 4.79. The van der Waals surface area contributed by atoms with Gasteiger partial charge < -0.3 is 15.3 Å². The van der Waals surface area contributed by atoms with Crippen LogP contribution in [0.4, 0.5) is 10.5 Å². The van der Waals surface area contributed by atoms with Gasteiger partial charge in [-0.15, -0.1) is 11.8 Å². The minimum absolute atomic E-state index is 0.0638. The lowest BCUT2D eigenvalue weighted by atomic mass is 10.2. The number of nitrogens with zero attached hydrogens (tertiary/aromatic N) is 1. The molecule has 0 heterocycles. The summed E-state index contributed by atoms with van der Waals surface area (Å²) in [7, 11) is 0. The zero-order valence-corrected chi connectivity index (χ0v) is 13.3. The molecule has 2 amide bonds. The second-order valence-electron chi connectivity index (χ2n) is 4.79. The molecule has 5 heteroatoms. The first-order valence-corrected chi connectivity index (χ1v) is 8.30. The normalized spacial score (nSPS) is 10.3. The smallest absolute Gasteiger partial charge is 0.322 e. The molecule has 0 aliphatic rings. The number of carbonyl (C=O) groups excluding carboxylic acids is 1. The van der Waals surface area contributed by atoms with E-state index in [9.17, 15) is 9.90 Å². The zero-order chi connectivity index (χ0) is 15.8. The van der Waals surface area contributed by atoms with Crippen LogP contribution in [0.2, 0.25) is 0 Å². The Morgan fingerprint density at radius 1 is 1.14 bits per heavy atom. The number of anilines is 1. The van der Waals surface area contributed by atoms with Crippen molar-refractivity contribution in [1.29, 1.82) is 0 Å². The van der Waals surface area contributed by atoms with Gasteiger partial charge in [-0.2, -0.15) is 0 Å². The molecule has 0 bridgehead atoms. The van der Waals surface area contributed by atoms with Crippen LogP contribution in [0.5, 0.6) is 0 Å². The van der Waals surface area contributed by atoms with E-state index in [1.54, 1.807) is 16.7 Å². The van der Waals surface area contributed by atoms with Gasteiger partial charge in [0.05, 0.1) is 6.61 Å². The summed E-state index contributed by atoms with van der Waals surface area (Å²) >= 11 is 1.66. The summed E-state index contributed by atoms with van der Waals surface area (Å²) < 4.78 is 0. The molecule has 0 fully saturated rings. The summed E-state index contributed by atoms with van der Waals surface area (Å²) in [6.07, 6.45) is 2.01. The number of aliphatic hydroxyl groups is 1. The Balaban J connectivity index is 2.02. The van der Waals surface area contributed by atoms with Crippen LogP contribution >= 0.6 is 11.8 Å². The van der Waals surface area contributed by atoms with E-state index in [4.69, 9.17) is 0 Å². The fourth-order valence-corrected chi connectivity index (χ4v) is 2.46. The number of urea groups is 1. The van der Waals surface area contributed by atoms with Gasteiger partial charge in [-0.3, -0.25) is 0 Å². The maximum Gasteiger partial charge on any atom is 0.322 e. The van der Waals surface area contributed by atoms with Crippen molar-refractivity contribution in [3.63, 3.8) is 0 Å². The molecule has 0 saturated carbocycles. The zero-order valence-electron chi connectivity index (χ0n) is 12.5. The summed E-state index contributed by atoms with van der Waals surface area (Å²) in [5.74, 6) is 0. The number of nitrogens with one attached hydrogen (secondary N) is 1. The average molecular weight is 316 g/mol. The number of carbonyl (C=O) groups is 1. The van der Waals surface area contributed by atoms with E-state index in [0.29, 0.717) is 13.1 Å². The van der Waals surface area contributed by atoms with Crippen LogP contribution < -0.4 is 5.32 Å². The molecule has 0 aliphatic carbocycles. The summed E-state index contributed by atoms with van der Waals surface area (Å²) in [5, 5.41) is 12.0. The van der Waals surface area contributed by atoms with E-state index in [0.717, 1.165) is 16.1 Å². The summed E-state index contributed by atoms with van der Waals surface area (Å²) in [5.41, 5.74) is 1.78. The maximum atomic E-state index is 12.4. The van der Waals surface area contributed by atoms with Crippen LogP contribution in [0.1, 0.15) is 5.56 Å². The Kier molecular flexibility index (Phi) is 6.30. The lowest BCUT2D eigenvalue weighted by molar-refractivity contribution is 0.185. The first kappa shape index (κ1) is 16.4. The van der Waals surface area contributed by atoms with E-state index in [1.165, 1.54) is 0 Å². The Morgan fingerprint density at radius 2 is 1.82 bits per heavy atom. The monoisotopic (exact) mass is 316 g/mol. The van der Waals surface area contributed by atoms with Crippen LogP contribution in [0.3, 0.4) is 0 Å². The molecule has 0 spiro atoms. The van der Waals surface area contributed by atoms with Crippen molar-refractivity contribution in [2.75, 3.05) is 24.7 Å². The van der Waals surface area contributed by atoms with Gasteiger partial charge in [-0.1, -0.05) is 30.3 Å². The predicted molar refractivity (Wildman–Crippen MR) is 91.2 cm³/mol. The Hall–Kier alpha value is -1.98. The molecule has 116 valence electrons. The topological polar surface area (TPSA) is 52.6 Å². The molecular formula is C17H20N2O2S. The molecule has 0 saturated heterocycles. The van der Waals surface area contributed by atoms with Crippen molar-refractivity contribution in [1.82, 2.24) is 4.90 Å². The van der Waals surface area contributed by atoms with Gasteiger partial charge in [0, 0.05) is 23.7 Å². The number of hydrogen-bond acceptors (Lipinski definition) is 3. The van der Waals surface area contributed by atoms with Crippen LogP contribution in [0, 0.1) is 0 Å². The number of amides is 2. The number of benzene rings is 2. The van der Waals surface area contributed by atoms with Gasteiger partial charge in [0.1, 0.15) is 0 Å². The standard InChI is InChI=1S/C17H20N2O2S/c1-22-16-9-7-15(8-10-16)18-17(21)19(11-12-20)13-14-5-3-2-4-6-14/h2-10,20H,11-13H2,1H3,(H,18,21). The highest BCUT2D eigenvalue weighted by Gasteiger charge is 2.13. The second-order valence-corrected chi connectivity index (χ2v) is 5.67. The SMILES string of the molecule is CSc1ccc(NC(=O)N(CCO)Cc2ccccc2)cc1. The molecule has 0 aliphatic heterocycles. The quantitative estimate of drug-likeness (QED) is 0.803. The van der Waals surface area contributed by atoms with Crippen molar-refractivity contribution in [3.05, 3.63) is 60.2 Å². The largest absolute Gasteiger partial charge is 0.395 e. The average Bonchev–Trinajstić information content (AvgIpc) is 2.56. The van der Waals surface area contributed by atoms with Crippen molar-refractivity contribution in [2.45, 2.75) is 11.4 Å². The fourth-order valence-electron chi connectivity index (χ4n) is 2.05. The van der Waals surface area contributed by atoms with Gasteiger partial charge in [0.25, 0.3) is 0 Å². The molecule has 4 nitrogen and oxygen atoms in total. The van der Waals surface area contributed by atoms with E-state index in [1.807, 2.05) is 60.9 Å². The van der Waals surface area contributed by atoms with Crippen LogP contribution in [0.25, 0.3) is 0 Å². The van der Waals surface area contributed by atoms with Crippen molar-refractivity contribution < 1.29 is 9.90 Å². The van der Waals surface area contributed by atoms with E-state index in [-0.39, 0.29) is 12.6 Å². The van der Waals surface area contributed by atoms with Crippen molar-refractivity contribution >= 4 is 23.5 Å². The molecule has 2 aromatic carbocycles. The molecule has 22 heavy (non-hydrogen) atoms. The fraction of sp³-hybridized carbons (Fsp3) is 0.235. The van der Waals surface area contributed by atoms with Crippen LogP contribution in [-0.4, -0.2) is 35.4 Å². The van der Waals surface area contributed by atoms with Gasteiger partial charge in [-0.05, 0) is 36.1 Å². The molecule has 2 rings (SSSR count). The van der Waals surface area contributed by atoms with Crippen molar-refractivity contribution in [3.8, 4) is 0 Å². The second kappa shape index (κ2) is 8.46. The molecule has 0 radical (unpaired) electrons. The van der Waals surface area contributed by atoms with Gasteiger partial charge >= 0.3 is 6.03 Å². The lowest BCUT2D eigenvalue weighted by Gasteiger charge is -2.22. The summed E-state index contributed by atoms with van der Waals surface area (Å²) in [6.45, 7) is 0.700. The van der Waals surface area contributed by atoms with Crippen molar-refractivity contribution in [2.24, 2.45) is 0 Å². The highest BCUT2D eigenvalue weighted by Crippen LogP contribution is 2.18. The van der Waals surface area contributed by atoms with Gasteiger partial charge in [0.2, 0.25) is 0 Å². The predicted octanol–water partition coefficient (Wildman–Crippen LogP) is 3.43.